The molecule has 14 rings (SSSR count). The van der Waals surface area contributed by atoms with Crippen LogP contribution in [0.15, 0.2) is 182 Å². The Labute approximate surface area is 415 Å². The second-order valence-corrected chi connectivity index (χ2v) is 23.1. The van der Waals surface area contributed by atoms with Crippen molar-refractivity contribution in [3.8, 4) is 60.6 Å². The third-order valence-corrected chi connectivity index (χ3v) is 17.4. The molecular formula is C66H52BN2S. The number of thiophene rings is 1. The predicted octanol–water partition coefficient (Wildman–Crippen LogP) is 16.6. The number of hydrogen-bond acceptors (Lipinski definition) is 2. The second kappa shape index (κ2) is 14.6. The van der Waals surface area contributed by atoms with Crippen LogP contribution < -0.4 is 16.2 Å². The van der Waals surface area contributed by atoms with E-state index in [4.69, 9.17) is 0 Å². The number of aromatic nitrogens is 1. The molecule has 0 amide bonds. The van der Waals surface area contributed by atoms with Crippen LogP contribution in [0.5, 0.6) is 0 Å². The highest BCUT2D eigenvalue weighted by molar-refractivity contribution is 7.23. The first-order chi connectivity index (χ1) is 33.8. The fourth-order valence-corrected chi connectivity index (χ4v) is 13.8. The number of fused-ring (bicyclic) bond motifs is 12. The van der Waals surface area contributed by atoms with Crippen molar-refractivity contribution < 1.29 is 0 Å². The van der Waals surface area contributed by atoms with Gasteiger partial charge in [-0.2, -0.15) is 0 Å². The molecule has 335 valence electrons. The van der Waals surface area contributed by atoms with E-state index in [0.29, 0.717) is 0 Å². The molecule has 4 heteroatoms. The predicted molar refractivity (Wildman–Crippen MR) is 301 cm³/mol. The number of nitrogens with one attached hydrogen (secondary N) is 1. The van der Waals surface area contributed by atoms with Gasteiger partial charge in [0, 0.05) is 70.3 Å². The molecule has 0 fully saturated rings. The average Bonchev–Trinajstić information content (AvgIpc) is 4.04. The quantitative estimate of drug-likeness (QED) is 0.170. The van der Waals surface area contributed by atoms with Crippen LogP contribution in [0.2, 0.25) is 0 Å². The first kappa shape index (κ1) is 41.6. The van der Waals surface area contributed by atoms with E-state index < -0.39 is 0 Å². The Hall–Kier alpha value is -7.40. The highest BCUT2D eigenvalue weighted by Gasteiger charge is 2.39. The smallest absolute Gasteiger partial charge is 0.197 e. The van der Waals surface area contributed by atoms with Gasteiger partial charge in [-0.15, -0.1) is 11.3 Å². The first-order valence-electron chi connectivity index (χ1n) is 24.8. The van der Waals surface area contributed by atoms with E-state index in [2.05, 4.69) is 248 Å². The van der Waals surface area contributed by atoms with Crippen molar-refractivity contribution in [3.63, 3.8) is 0 Å². The highest BCUT2D eigenvalue weighted by Crippen LogP contribution is 2.54. The van der Waals surface area contributed by atoms with Gasteiger partial charge in [0.1, 0.15) is 0 Å². The van der Waals surface area contributed by atoms with E-state index in [9.17, 15) is 0 Å². The number of rotatable bonds is 5. The Bertz CT molecular complexity index is 4010. The van der Waals surface area contributed by atoms with Crippen LogP contribution in [0.3, 0.4) is 0 Å². The summed E-state index contributed by atoms with van der Waals surface area (Å²) >= 11 is 1.91. The van der Waals surface area contributed by atoms with Gasteiger partial charge < -0.3 is 9.88 Å². The first-order valence-corrected chi connectivity index (χ1v) is 25.6. The van der Waals surface area contributed by atoms with Gasteiger partial charge in [0.25, 0.3) is 0 Å². The zero-order chi connectivity index (χ0) is 47.4. The third kappa shape index (κ3) is 5.86. The van der Waals surface area contributed by atoms with E-state index in [0.717, 1.165) is 11.4 Å². The standard InChI is InChI=1S/C66H52BN2S/c1-64(2,3)40-26-28-41(29-27-40)68-56-36-54-46(42-22-14-16-24-51(42)66(54,6)7)32-48(56)44-30-31-45-49-33-53-47(43-23-15-17-25-52(43)65(53,4)5)34-57(49)69-58-35-50-59(37-55(58)67-61(44)62(45)69)70-63(39-20-12-9-13-21-39)60(50)38-18-10-8-11-19-38/h8-37,68H,1-7H3. The summed E-state index contributed by atoms with van der Waals surface area (Å²) in [6.45, 7) is 16.4. The molecule has 70 heavy (non-hydrogen) atoms. The molecule has 1 N–H and O–H groups in total. The van der Waals surface area contributed by atoms with E-state index in [-0.39, 0.29) is 16.2 Å². The summed E-state index contributed by atoms with van der Waals surface area (Å²) < 4.78 is 3.92. The normalized spacial score (nSPS) is 14.6. The van der Waals surface area contributed by atoms with E-state index in [1.807, 2.05) is 11.3 Å². The fourth-order valence-electron chi connectivity index (χ4n) is 12.5. The highest BCUT2D eigenvalue weighted by atomic mass is 32.1. The molecule has 3 heterocycles. The zero-order valence-corrected chi connectivity index (χ0v) is 41.6. The van der Waals surface area contributed by atoms with Crippen molar-refractivity contribution in [2.75, 3.05) is 5.32 Å². The van der Waals surface area contributed by atoms with Crippen LogP contribution in [0.1, 0.15) is 76.3 Å². The van der Waals surface area contributed by atoms with Crippen molar-refractivity contribution >= 4 is 72.8 Å². The minimum Gasteiger partial charge on any atom is -0.355 e. The molecule has 0 atom stereocenters. The molecule has 2 aliphatic carbocycles. The Morgan fingerprint density at radius 1 is 0.500 bits per heavy atom. The molecule has 2 aromatic heterocycles. The molecule has 9 aromatic carbocycles. The lowest BCUT2D eigenvalue weighted by Crippen LogP contribution is -2.37. The number of benzene rings is 9. The van der Waals surface area contributed by atoms with Crippen molar-refractivity contribution in [2.24, 2.45) is 0 Å². The Balaban J connectivity index is 1.07. The van der Waals surface area contributed by atoms with E-state index >= 15 is 0 Å². The summed E-state index contributed by atoms with van der Waals surface area (Å²) in [4.78, 5) is 1.30. The summed E-state index contributed by atoms with van der Waals surface area (Å²) in [6.07, 6.45) is 0. The topological polar surface area (TPSA) is 17.0 Å². The number of hydrogen-bond donors (Lipinski definition) is 1. The lowest BCUT2D eigenvalue weighted by molar-refractivity contribution is 0.590. The Morgan fingerprint density at radius 3 is 1.79 bits per heavy atom. The number of nitrogens with zero attached hydrogens (tertiary/aromatic N) is 1. The van der Waals surface area contributed by atoms with E-state index in [1.54, 1.807) is 0 Å². The molecule has 0 unspecified atom stereocenters. The van der Waals surface area contributed by atoms with Gasteiger partial charge in [-0.3, -0.25) is 0 Å². The maximum Gasteiger partial charge on any atom is 0.197 e. The molecule has 2 nitrogen and oxygen atoms in total. The molecule has 0 saturated heterocycles. The summed E-state index contributed by atoms with van der Waals surface area (Å²) in [5.74, 6) is 0. The molecule has 0 bridgehead atoms. The Morgan fingerprint density at radius 2 is 1.11 bits per heavy atom. The molecule has 0 saturated carbocycles. The van der Waals surface area contributed by atoms with Gasteiger partial charge in [-0.25, -0.2) is 0 Å². The minimum atomic E-state index is -0.150. The summed E-state index contributed by atoms with van der Waals surface area (Å²) in [5, 5.41) is 7.88. The van der Waals surface area contributed by atoms with Gasteiger partial charge in [-0.1, -0.05) is 187 Å². The maximum absolute atomic E-state index is 4.02. The van der Waals surface area contributed by atoms with Crippen LogP contribution in [-0.2, 0) is 16.2 Å². The zero-order valence-electron chi connectivity index (χ0n) is 40.8. The van der Waals surface area contributed by atoms with Gasteiger partial charge in [0.15, 0.2) is 7.28 Å². The van der Waals surface area contributed by atoms with Crippen LogP contribution in [0.25, 0.3) is 92.5 Å². The van der Waals surface area contributed by atoms with Gasteiger partial charge in [0.05, 0.1) is 5.52 Å². The minimum absolute atomic E-state index is 0.0654. The van der Waals surface area contributed by atoms with Crippen LogP contribution in [-0.4, -0.2) is 11.8 Å². The molecule has 11 aromatic rings. The molecule has 0 spiro atoms. The monoisotopic (exact) mass is 915 g/mol. The van der Waals surface area contributed by atoms with Crippen molar-refractivity contribution in [2.45, 2.75) is 64.7 Å². The summed E-state index contributed by atoms with van der Waals surface area (Å²) in [6, 6.07) is 68.9. The van der Waals surface area contributed by atoms with Crippen LogP contribution in [0.4, 0.5) is 11.4 Å². The van der Waals surface area contributed by atoms with E-state index in [1.165, 1.54) is 131 Å². The van der Waals surface area contributed by atoms with Crippen molar-refractivity contribution in [3.05, 3.63) is 210 Å². The Kier molecular flexibility index (Phi) is 8.65. The molecule has 3 aliphatic rings. The van der Waals surface area contributed by atoms with Gasteiger partial charge >= 0.3 is 0 Å². The van der Waals surface area contributed by atoms with Crippen LogP contribution in [0, 0.1) is 0 Å². The third-order valence-electron chi connectivity index (χ3n) is 16.2. The van der Waals surface area contributed by atoms with Gasteiger partial charge in [-0.05, 0) is 126 Å². The molecule has 1 aliphatic heterocycles. The van der Waals surface area contributed by atoms with Crippen molar-refractivity contribution in [1.29, 1.82) is 0 Å². The van der Waals surface area contributed by atoms with Crippen molar-refractivity contribution in [1.82, 2.24) is 4.57 Å². The SMILES string of the molecule is CC(C)(C)c1ccc(Nc2cc3c(cc2-c2ccc4c5cc6c(cc5n5c4c2[B]c2cc4sc(-c7ccccc7)c(-c7ccccc7)c4cc2-5)-c2ccccc2C6(C)C)-c2ccccc2C3(C)C)cc1. The number of anilines is 2. The van der Waals surface area contributed by atoms with Gasteiger partial charge in [0.2, 0.25) is 0 Å². The summed E-state index contributed by atoms with van der Waals surface area (Å²) in [7, 11) is 2.51. The lowest BCUT2D eigenvalue weighted by atomic mass is 9.59. The lowest BCUT2D eigenvalue weighted by Gasteiger charge is -2.26. The summed E-state index contributed by atoms with van der Waals surface area (Å²) in [5.41, 5.74) is 26.6. The van der Waals surface area contributed by atoms with Crippen LogP contribution >= 0.6 is 11.3 Å². The largest absolute Gasteiger partial charge is 0.355 e. The average molecular weight is 916 g/mol. The molecular weight excluding hydrogens is 864 g/mol. The fraction of sp³-hybridized carbons (Fsp3) is 0.152. The molecule has 1 radical (unpaired) electrons. The second-order valence-electron chi connectivity index (χ2n) is 22.0. The maximum atomic E-state index is 4.02.